The van der Waals surface area contributed by atoms with E-state index < -0.39 is 0 Å². The predicted octanol–water partition coefficient (Wildman–Crippen LogP) is 2.29. The van der Waals surface area contributed by atoms with Gasteiger partial charge in [0.15, 0.2) is 0 Å². The molecular formula is C14H21NO. The van der Waals surface area contributed by atoms with Gasteiger partial charge in [0.1, 0.15) is 0 Å². The molecule has 2 aliphatic rings. The summed E-state index contributed by atoms with van der Waals surface area (Å²) in [6.07, 6.45) is 11.5. The molecule has 88 valence electrons. The van der Waals surface area contributed by atoms with E-state index in [4.69, 9.17) is 6.42 Å². The highest BCUT2D eigenvalue weighted by molar-refractivity contribution is 5.82. The average molecular weight is 219 g/mol. The van der Waals surface area contributed by atoms with Gasteiger partial charge in [-0.1, -0.05) is 25.7 Å². The number of carbonyl (C=O) groups excluding carboxylic acids is 1. The van der Waals surface area contributed by atoms with E-state index in [-0.39, 0.29) is 0 Å². The van der Waals surface area contributed by atoms with Crippen molar-refractivity contribution in [3.05, 3.63) is 0 Å². The standard InChI is InChI=1S/C14H21NO/c1-3-9-15(10-4-2)14(16)13-11-7-5-6-8-12(11)13/h1,11-13H,4-10H2,2H3. The minimum atomic E-state index is 0.322. The maximum Gasteiger partial charge on any atom is 0.227 e. The molecule has 0 N–H and O–H groups in total. The zero-order chi connectivity index (χ0) is 11.5. The summed E-state index contributed by atoms with van der Waals surface area (Å²) in [5, 5.41) is 0. The quantitative estimate of drug-likeness (QED) is 0.664. The fraction of sp³-hybridized carbons (Fsp3) is 0.786. The van der Waals surface area contributed by atoms with Crippen molar-refractivity contribution in [1.29, 1.82) is 0 Å². The first kappa shape index (κ1) is 11.5. The molecule has 2 rings (SSSR count). The van der Waals surface area contributed by atoms with Gasteiger partial charge in [-0.2, -0.15) is 0 Å². The molecule has 2 unspecified atom stereocenters. The second kappa shape index (κ2) is 4.91. The van der Waals surface area contributed by atoms with Crippen LogP contribution in [0, 0.1) is 30.1 Å². The molecule has 0 heterocycles. The van der Waals surface area contributed by atoms with E-state index in [1.54, 1.807) is 0 Å². The molecule has 1 amide bonds. The minimum absolute atomic E-state index is 0.322. The molecule has 2 heteroatoms. The van der Waals surface area contributed by atoms with Crippen LogP contribution >= 0.6 is 0 Å². The number of terminal acetylenes is 1. The summed E-state index contributed by atoms with van der Waals surface area (Å²) in [6.45, 7) is 3.40. The largest absolute Gasteiger partial charge is 0.331 e. The third-order valence-electron chi connectivity index (χ3n) is 4.03. The van der Waals surface area contributed by atoms with Crippen molar-refractivity contribution in [3.8, 4) is 12.3 Å². The number of rotatable bonds is 4. The predicted molar refractivity (Wildman–Crippen MR) is 64.6 cm³/mol. The summed E-state index contributed by atoms with van der Waals surface area (Å²) >= 11 is 0. The number of hydrogen-bond acceptors (Lipinski definition) is 1. The van der Waals surface area contributed by atoms with Gasteiger partial charge in [-0.3, -0.25) is 4.79 Å². The average Bonchev–Trinajstić information content (AvgIpc) is 3.02. The number of fused-ring (bicyclic) bond motifs is 1. The van der Waals surface area contributed by atoms with Gasteiger partial charge in [-0.25, -0.2) is 0 Å². The minimum Gasteiger partial charge on any atom is -0.331 e. The Morgan fingerprint density at radius 3 is 2.50 bits per heavy atom. The molecule has 0 aromatic rings. The molecule has 0 aromatic heterocycles. The van der Waals surface area contributed by atoms with E-state index in [1.165, 1.54) is 25.7 Å². The van der Waals surface area contributed by atoms with Crippen LogP contribution in [0.25, 0.3) is 0 Å². The van der Waals surface area contributed by atoms with E-state index in [9.17, 15) is 4.79 Å². The van der Waals surface area contributed by atoms with Crippen LogP contribution in [0.3, 0.4) is 0 Å². The Bertz CT molecular complexity index is 292. The van der Waals surface area contributed by atoms with Crippen LogP contribution in [-0.4, -0.2) is 23.9 Å². The van der Waals surface area contributed by atoms with Crippen LogP contribution in [0.1, 0.15) is 39.0 Å². The second-order valence-corrected chi connectivity index (χ2v) is 5.10. The highest BCUT2D eigenvalue weighted by Gasteiger charge is 2.55. The van der Waals surface area contributed by atoms with Gasteiger partial charge in [-0.15, -0.1) is 6.42 Å². The molecule has 2 fully saturated rings. The van der Waals surface area contributed by atoms with Crippen molar-refractivity contribution in [1.82, 2.24) is 4.90 Å². The summed E-state index contributed by atoms with van der Waals surface area (Å²) in [4.78, 5) is 14.2. The van der Waals surface area contributed by atoms with Gasteiger partial charge >= 0.3 is 0 Å². The highest BCUT2D eigenvalue weighted by atomic mass is 16.2. The Morgan fingerprint density at radius 1 is 1.38 bits per heavy atom. The lowest BCUT2D eigenvalue weighted by Crippen LogP contribution is -2.34. The number of hydrogen-bond donors (Lipinski definition) is 0. The molecule has 0 aliphatic heterocycles. The maximum atomic E-state index is 12.3. The van der Waals surface area contributed by atoms with Gasteiger partial charge in [0.2, 0.25) is 5.91 Å². The zero-order valence-electron chi connectivity index (χ0n) is 10.1. The van der Waals surface area contributed by atoms with Crippen molar-refractivity contribution < 1.29 is 4.79 Å². The molecule has 2 atom stereocenters. The number of amides is 1. The molecule has 0 bridgehead atoms. The Labute approximate surface area is 98.4 Å². The number of carbonyl (C=O) groups is 1. The lowest BCUT2D eigenvalue weighted by molar-refractivity contribution is -0.132. The second-order valence-electron chi connectivity index (χ2n) is 5.10. The van der Waals surface area contributed by atoms with Crippen LogP contribution in [0.2, 0.25) is 0 Å². The van der Waals surface area contributed by atoms with Crippen molar-refractivity contribution in [2.75, 3.05) is 13.1 Å². The van der Waals surface area contributed by atoms with E-state index in [0.717, 1.165) is 13.0 Å². The Morgan fingerprint density at radius 2 is 2.00 bits per heavy atom. The number of nitrogens with zero attached hydrogens (tertiary/aromatic N) is 1. The van der Waals surface area contributed by atoms with Crippen LogP contribution < -0.4 is 0 Å². The molecule has 2 saturated carbocycles. The van der Waals surface area contributed by atoms with Gasteiger partial charge in [0.05, 0.1) is 6.54 Å². The van der Waals surface area contributed by atoms with Gasteiger partial charge in [-0.05, 0) is 31.1 Å². The summed E-state index contributed by atoms with van der Waals surface area (Å²) in [6, 6.07) is 0. The van der Waals surface area contributed by atoms with Crippen LogP contribution in [0.15, 0.2) is 0 Å². The van der Waals surface area contributed by atoms with Gasteiger partial charge in [0, 0.05) is 12.5 Å². The van der Waals surface area contributed by atoms with Crippen molar-refractivity contribution in [2.45, 2.75) is 39.0 Å². The van der Waals surface area contributed by atoms with E-state index >= 15 is 0 Å². The van der Waals surface area contributed by atoms with Crippen molar-refractivity contribution >= 4 is 5.91 Å². The summed E-state index contributed by atoms with van der Waals surface area (Å²) in [7, 11) is 0. The molecular weight excluding hydrogens is 198 g/mol. The summed E-state index contributed by atoms with van der Waals surface area (Å²) in [5.74, 6) is 4.64. The van der Waals surface area contributed by atoms with Crippen molar-refractivity contribution in [2.24, 2.45) is 17.8 Å². The maximum absolute atomic E-state index is 12.3. The first-order valence-corrected chi connectivity index (χ1v) is 6.51. The zero-order valence-corrected chi connectivity index (χ0v) is 10.1. The van der Waals surface area contributed by atoms with E-state index in [2.05, 4.69) is 12.8 Å². The van der Waals surface area contributed by atoms with E-state index in [1.807, 2.05) is 4.90 Å². The fourth-order valence-electron chi connectivity index (χ4n) is 3.22. The lowest BCUT2D eigenvalue weighted by Gasteiger charge is -2.19. The normalized spacial score (nSPS) is 31.4. The van der Waals surface area contributed by atoms with Gasteiger partial charge in [0.25, 0.3) is 0 Å². The molecule has 16 heavy (non-hydrogen) atoms. The third kappa shape index (κ3) is 2.09. The van der Waals surface area contributed by atoms with E-state index in [0.29, 0.717) is 30.2 Å². The smallest absolute Gasteiger partial charge is 0.227 e. The Balaban J connectivity index is 1.93. The SMILES string of the molecule is C#CCN(CCC)C(=O)C1C2CCCCC21. The molecule has 0 spiro atoms. The Hall–Kier alpha value is -0.970. The molecule has 0 saturated heterocycles. The van der Waals surface area contributed by atoms with Crippen LogP contribution in [0.4, 0.5) is 0 Å². The summed E-state index contributed by atoms with van der Waals surface area (Å²) < 4.78 is 0. The Kier molecular flexibility index (Phi) is 3.53. The van der Waals surface area contributed by atoms with Crippen molar-refractivity contribution in [3.63, 3.8) is 0 Å². The topological polar surface area (TPSA) is 20.3 Å². The summed E-state index contributed by atoms with van der Waals surface area (Å²) in [5.41, 5.74) is 0. The highest BCUT2D eigenvalue weighted by Crippen LogP contribution is 2.56. The van der Waals surface area contributed by atoms with Crippen LogP contribution in [0.5, 0.6) is 0 Å². The molecule has 0 aromatic carbocycles. The third-order valence-corrected chi connectivity index (χ3v) is 4.03. The molecule has 0 radical (unpaired) electrons. The van der Waals surface area contributed by atoms with Gasteiger partial charge < -0.3 is 4.90 Å². The monoisotopic (exact) mass is 219 g/mol. The fourth-order valence-corrected chi connectivity index (χ4v) is 3.22. The van der Waals surface area contributed by atoms with Crippen LogP contribution in [-0.2, 0) is 4.79 Å². The first-order chi connectivity index (χ1) is 7.79. The molecule has 2 aliphatic carbocycles. The molecule has 2 nitrogen and oxygen atoms in total. The first-order valence-electron chi connectivity index (χ1n) is 6.51. The lowest BCUT2D eigenvalue weighted by atomic mass is 10.0.